The van der Waals surface area contributed by atoms with Gasteiger partial charge in [-0.1, -0.05) is 0 Å². The second-order valence-electron chi connectivity index (χ2n) is 3.73. The number of hydrogen-bond donors (Lipinski definition) is 2. The maximum atomic E-state index is 9.02. The molecule has 4 heteroatoms. The van der Waals surface area contributed by atoms with Crippen molar-refractivity contribution in [2.75, 3.05) is 19.0 Å². The highest BCUT2D eigenvalue weighted by molar-refractivity contribution is 5.93. The Bertz CT molecular complexity index is 511. The molecule has 0 saturated heterocycles. The van der Waals surface area contributed by atoms with Crippen LogP contribution in [0.2, 0.25) is 0 Å². The number of aromatic nitrogens is 2. The topological polar surface area (TPSA) is 58.0 Å². The van der Waals surface area contributed by atoms with E-state index in [-0.39, 0.29) is 6.61 Å². The molecule has 0 unspecified atom stereocenters. The molecule has 0 fully saturated rings. The van der Waals surface area contributed by atoms with Crippen LogP contribution in [0.4, 0.5) is 5.82 Å². The maximum absolute atomic E-state index is 9.02. The van der Waals surface area contributed by atoms with Crippen LogP contribution in [0.3, 0.4) is 0 Å². The number of aliphatic hydroxyl groups is 1. The van der Waals surface area contributed by atoms with Crippen molar-refractivity contribution in [3.05, 3.63) is 29.7 Å². The molecule has 0 bridgehead atoms. The van der Waals surface area contributed by atoms with Crippen molar-refractivity contribution in [1.29, 1.82) is 0 Å². The van der Waals surface area contributed by atoms with Crippen LogP contribution in [0.15, 0.2) is 18.5 Å². The quantitative estimate of drug-likeness (QED) is 0.818. The first-order chi connectivity index (χ1) is 7.76. The molecule has 84 valence electrons. The number of pyridine rings is 2. The molecular weight excluding hydrogens is 202 g/mol. The monoisotopic (exact) mass is 217 g/mol. The highest BCUT2D eigenvalue weighted by atomic mass is 16.2. The molecule has 16 heavy (non-hydrogen) atoms. The number of hydrogen-bond acceptors (Lipinski definition) is 4. The summed E-state index contributed by atoms with van der Waals surface area (Å²) in [5.74, 6) is 0.823. The third-order valence-electron chi connectivity index (χ3n) is 2.61. The van der Waals surface area contributed by atoms with Crippen LogP contribution in [0.25, 0.3) is 10.8 Å². The van der Waals surface area contributed by atoms with Gasteiger partial charge in [-0.25, -0.2) is 4.98 Å². The first-order valence-electron chi connectivity index (χ1n) is 5.29. The molecule has 0 atom stereocenters. The molecule has 0 saturated carbocycles. The minimum atomic E-state index is 0.136. The predicted molar refractivity (Wildman–Crippen MR) is 64.6 cm³/mol. The third kappa shape index (κ3) is 1.84. The van der Waals surface area contributed by atoms with Crippen LogP contribution < -0.4 is 5.32 Å². The first kappa shape index (κ1) is 10.8. The molecule has 0 aromatic carbocycles. The molecule has 0 aliphatic heterocycles. The zero-order valence-electron chi connectivity index (χ0n) is 9.49. The molecule has 4 nitrogen and oxygen atoms in total. The summed E-state index contributed by atoms with van der Waals surface area (Å²) in [5, 5.41) is 14.2. The van der Waals surface area contributed by atoms with Gasteiger partial charge in [-0.3, -0.25) is 4.98 Å². The number of rotatable bonds is 3. The summed E-state index contributed by atoms with van der Waals surface area (Å²) in [6.07, 6.45) is 4.26. The minimum absolute atomic E-state index is 0.136. The van der Waals surface area contributed by atoms with Crippen LogP contribution in [-0.2, 0) is 6.42 Å². The fourth-order valence-electron chi connectivity index (χ4n) is 1.81. The largest absolute Gasteiger partial charge is 0.396 e. The van der Waals surface area contributed by atoms with Crippen LogP contribution >= 0.6 is 0 Å². The fourth-order valence-corrected chi connectivity index (χ4v) is 1.81. The number of aryl methyl sites for hydroxylation is 1. The van der Waals surface area contributed by atoms with Crippen molar-refractivity contribution in [1.82, 2.24) is 9.97 Å². The van der Waals surface area contributed by atoms with Gasteiger partial charge in [-0.05, 0) is 30.4 Å². The summed E-state index contributed by atoms with van der Waals surface area (Å²) in [4.78, 5) is 8.59. The van der Waals surface area contributed by atoms with E-state index >= 15 is 0 Å². The van der Waals surface area contributed by atoms with E-state index in [9.17, 15) is 0 Å². The smallest absolute Gasteiger partial charge is 0.135 e. The minimum Gasteiger partial charge on any atom is -0.396 e. The summed E-state index contributed by atoms with van der Waals surface area (Å²) in [6.45, 7) is 2.10. The normalized spacial score (nSPS) is 10.7. The predicted octanol–water partition coefficient (Wildman–Crippen LogP) is 1.51. The number of nitrogens with zero attached hydrogens (tertiary/aromatic N) is 2. The van der Waals surface area contributed by atoms with E-state index in [4.69, 9.17) is 5.11 Å². The Morgan fingerprint density at radius 2 is 2.06 bits per heavy atom. The van der Waals surface area contributed by atoms with Gasteiger partial charge in [-0.2, -0.15) is 0 Å². The van der Waals surface area contributed by atoms with E-state index < -0.39 is 0 Å². The summed E-state index contributed by atoms with van der Waals surface area (Å²) >= 11 is 0. The van der Waals surface area contributed by atoms with Gasteiger partial charge >= 0.3 is 0 Å². The van der Waals surface area contributed by atoms with Crippen molar-refractivity contribution >= 4 is 16.6 Å². The Balaban J connectivity index is 2.70. The molecule has 2 N–H and O–H groups in total. The van der Waals surface area contributed by atoms with Crippen molar-refractivity contribution in [3.8, 4) is 0 Å². The molecule has 2 aromatic heterocycles. The Kier molecular flexibility index (Phi) is 3.01. The van der Waals surface area contributed by atoms with Gasteiger partial charge in [0.05, 0.1) is 0 Å². The lowest BCUT2D eigenvalue weighted by Crippen LogP contribution is -1.99. The van der Waals surface area contributed by atoms with Crippen molar-refractivity contribution in [2.24, 2.45) is 0 Å². The van der Waals surface area contributed by atoms with Crippen molar-refractivity contribution in [2.45, 2.75) is 13.3 Å². The molecular formula is C12H15N3O. The Morgan fingerprint density at radius 3 is 2.75 bits per heavy atom. The number of aliphatic hydroxyl groups excluding tert-OH is 1. The second-order valence-corrected chi connectivity index (χ2v) is 3.73. The molecule has 0 aliphatic carbocycles. The van der Waals surface area contributed by atoms with E-state index in [2.05, 4.69) is 15.3 Å². The van der Waals surface area contributed by atoms with Crippen LogP contribution in [0.1, 0.15) is 11.3 Å². The summed E-state index contributed by atoms with van der Waals surface area (Å²) < 4.78 is 0. The van der Waals surface area contributed by atoms with Crippen molar-refractivity contribution < 1.29 is 5.11 Å². The Labute approximate surface area is 94.4 Å². The van der Waals surface area contributed by atoms with Gasteiger partial charge in [0.15, 0.2) is 0 Å². The van der Waals surface area contributed by atoms with E-state index in [1.807, 2.05) is 32.4 Å². The summed E-state index contributed by atoms with van der Waals surface area (Å²) in [5.41, 5.74) is 2.03. The van der Waals surface area contributed by atoms with Crippen LogP contribution in [0.5, 0.6) is 0 Å². The molecule has 0 radical (unpaired) electrons. The SMILES string of the molecule is CNc1ncc(CCO)c2cc(C)ncc12. The Morgan fingerprint density at radius 1 is 1.25 bits per heavy atom. The standard InChI is InChI=1S/C12H15N3O/c1-8-5-10-9(3-4-16)6-15-12(13-2)11(10)7-14-8/h5-7,16H,3-4H2,1-2H3,(H,13,15). The maximum Gasteiger partial charge on any atom is 0.135 e. The second kappa shape index (κ2) is 4.45. The lowest BCUT2D eigenvalue weighted by Gasteiger charge is -2.09. The third-order valence-corrected chi connectivity index (χ3v) is 2.61. The van der Waals surface area contributed by atoms with Gasteiger partial charge in [0.25, 0.3) is 0 Å². The number of fused-ring (bicyclic) bond motifs is 1. The zero-order valence-corrected chi connectivity index (χ0v) is 9.49. The van der Waals surface area contributed by atoms with Gasteiger partial charge in [-0.15, -0.1) is 0 Å². The van der Waals surface area contributed by atoms with E-state index in [1.54, 1.807) is 0 Å². The lowest BCUT2D eigenvalue weighted by atomic mass is 10.1. The van der Waals surface area contributed by atoms with Gasteiger partial charge in [0.2, 0.25) is 0 Å². The molecule has 2 rings (SSSR count). The highest BCUT2D eigenvalue weighted by Crippen LogP contribution is 2.24. The van der Waals surface area contributed by atoms with Crippen molar-refractivity contribution in [3.63, 3.8) is 0 Å². The summed E-state index contributed by atoms with van der Waals surface area (Å²) in [6, 6.07) is 2.03. The number of anilines is 1. The van der Waals surface area contributed by atoms with Gasteiger partial charge in [0.1, 0.15) is 5.82 Å². The number of nitrogens with one attached hydrogen (secondary N) is 1. The molecule has 2 aromatic rings. The highest BCUT2D eigenvalue weighted by Gasteiger charge is 2.06. The fraction of sp³-hybridized carbons (Fsp3) is 0.333. The van der Waals surface area contributed by atoms with Crippen LogP contribution in [-0.4, -0.2) is 28.7 Å². The zero-order chi connectivity index (χ0) is 11.5. The van der Waals surface area contributed by atoms with E-state index in [1.165, 1.54) is 0 Å². The molecule has 0 spiro atoms. The average molecular weight is 217 g/mol. The van der Waals surface area contributed by atoms with E-state index in [0.29, 0.717) is 6.42 Å². The van der Waals surface area contributed by atoms with Crippen LogP contribution in [0, 0.1) is 6.92 Å². The van der Waals surface area contributed by atoms with Gasteiger partial charge < -0.3 is 10.4 Å². The summed E-state index contributed by atoms with van der Waals surface area (Å²) in [7, 11) is 1.84. The van der Waals surface area contributed by atoms with E-state index in [0.717, 1.165) is 27.8 Å². The van der Waals surface area contributed by atoms with Gasteiger partial charge in [0, 0.05) is 37.1 Å². The lowest BCUT2D eigenvalue weighted by molar-refractivity contribution is 0.300. The first-order valence-corrected chi connectivity index (χ1v) is 5.29. The Hall–Kier alpha value is -1.68. The molecule has 0 aliphatic rings. The molecule has 0 amide bonds. The molecule has 2 heterocycles. The average Bonchev–Trinajstić information content (AvgIpc) is 2.30.